The maximum Gasteiger partial charge on any atom is 0.394 e. The molecule has 0 aliphatic rings. The topological polar surface area (TPSA) is 30.7 Å². The average molecular weight is 114 g/mol. The first-order valence-electron chi connectivity index (χ1n) is 2.20. The Morgan fingerprint density at radius 1 is 1.88 bits per heavy atom. The molecule has 1 unspecified atom stereocenters. The largest absolute Gasteiger partial charge is 0.463 e. The van der Waals surface area contributed by atoms with Gasteiger partial charge < -0.3 is 4.74 Å². The van der Waals surface area contributed by atoms with Crippen LogP contribution in [0.15, 0.2) is 0 Å². The monoisotopic (exact) mass is 114 g/mol. The summed E-state index contributed by atoms with van der Waals surface area (Å²) >= 11 is 0. The molecule has 0 saturated heterocycles. The standard InChI is InChI=1S/C5H8NO2/c1-4(6-2)5(7)8-3/h2,4H,1,3H3/q+1. The minimum absolute atomic E-state index is 0.410. The number of carbonyl (C=O) groups excluding carboxylic acids is 1. The van der Waals surface area contributed by atoms with Gasteiger partial charge in [-0.15, -0.1) is 0 Å². The summed E-state index contributed by atoms with van der Waals surface area (Å²) < 4.78 is 4.29. The Kier molecular flexibility index (Phi) is 2.63. The molecule has 0 aliphatic heterocycles. The summed E-state index contributed by atoms with van der Waals surface area (Å²) in [6, 6.07) is -0.542. The van der Waals surface area contributed by atoms with E-state index in [4.69, 9.17) is 6.57 Å². The summed E-state index contributed by atoms with van der Waals surface area (Å²) in [5.74, 6) is -0.410. The van der Waals surface area contributed by atoms with Crippen LogP contribution in [0, 0.1) is 6.57 Å². The van der Waals surface area contributed by atoms with Gasteiger partial charge in [-0.1, -0.05) is 4.85 Å². The number of rotatable bonds is 1. The molecule has 0 aromatic carbocycles. The van der Waals surface area contributed by atoms with Crippen LogP contribution in [0.25, 0.3) is 4.85 Å². The van der Waals surface area contributed by atoms with Gasteiger partial charge in [-0.2, -0.15) is 0 Å². The van der Waals surface area contributed by atoms with Crippen molar-refractivity contribution < 1.29 is 9.53 Å². The molecule has 0 bridgehead atoms. The lowest BCUT2D eigenvalue weighted by Gasteiger charge is -1.89. The van der Waals surface area contributed by atoms with E-state index in [0.29, 0.717) is 0 Å². The third-order valence-electron chi connectivity index (χ3n) is 0.766. The predicted molar refractivity (Wildman–Crippen MR) is 29.8 cm³/mol. The smallest absolute Gasteiger partial charge is 0.394 e. The highest BCUT2D eigenvalue weighted by Crippen LogP contribution is 1.89. The quantitative estimate of drug-likeness (QED) is 0.465. The molecule has 0 N–H and O–H groups in total. The third kappa shape index (κ3) is 1.61. The van der Waals surface area contributed by atoms with Crippen molar-refractivity contribution in [3.8, 4) is 6.57 Å². The van der Waals surface area contributed by atoms with Crippen LogP contribution >= 0.6 is 0 Å². The Labute approximate surface area is 48.1 Å². The number of carbonyl (C=O) groups is 1. The van der Waals surface area contributed by atoms with Gasteiger partial charge in [-0.25, -0.2) is 4.79 Å². The van der Waals surface area contributed by atoms with Crippen LogP contribution in [0.4, 0.5) is 0 Å². The molecule has 3 heteroatoms. The number of ether oxygens (including phenoxy) is 1. The van der Waals surface area contributed by atoms with E-state index in [0.717, 1.165) is 0 Å². The van der Waals surface area contributed by atoms with Crippen LogP contribution < -0.4 is 0 Å². The molecule has 1 atom stereocenters. The van der Waals surface area contributed by atoms with Gasteiger partial charge in [-0.05, 0) is 0 Å². The fraction of sp³-hybridized carbons (Fsp3) is 0.600. The molecule has 0 aromatic heterocycles. The first kappa shape index (κ1) is 6.96. The van der Waals surface area contributed by atoms with Gasteiger partial charge in [0.15, 0.2) is 0 Å². The van der Waals surface area contributed by atoms with Crippen LogP contribution in [0.5, 0.6) is 0 Å². The second-order valence-corrected chi connectivity index (χ2v) is 1.35. The fourth-order valence-corrected chi connectivity index (χ4v) is 0.231. The molecule has 3 nitrogen and oxygen atoms in total. The molecule has 8 heavy (non-hydrogen) atoms. The first-order chi connectivity index (χ1) is 3.72. The van der Waals surface area contributed by atoms with E-state index in [1.54, 1.807) is 6.92 Å². The zero-order chi connectivity index (χ0) is 6.57. The van der Waals surface area contributed by atoms with Crippen LogP contribution in [0.2, 0.25) is 0 Å². The van der Waals surface area contributed by atoms with Crippen LogP contribution in [-0.4, -0.2) is 19.1 Å². The summed E-state index contributed by atoms with van der Waals surface area (Å²) in [5.41, 5.74) is 0. The molecule has 0 heterocycles. The predicted octanol–water partition coefficient (Wildman–Crippen LogP) is 0.511. The van der Waals surface area contributed by atoms with Crippen molar-refractivity contribution in [2.24, 2.45) is 0 Å². The van der Waals surface area contributed by atoms with Crippen molar-refractivity contribution in [2.75, 3.05) is 7.11 Å². The normalized spacial score (nSPS) is 11.6. The van der Waals surface area contributed by atoms with E-state index in [9.17, 15) is 4.79 Å². The van der Waals surface area contributed by atoms with Gasteiger partial charge in [0.1, 0.15) is 0 Å². The summed E-state index contributed by atoms with van der Waals surface area (Å²) in [6.07, 6.45) is 0. The van der Waals surface area contributed by atoms with Crippen molar-refractivity contribution in [1.82, 2.24) is 0 Å². The number of esters is 1. The highest BCUT2D eigenvalue weighted by Gasteiger charge is 2.19. The molecule has 0 radical (unpaired) electrons. The highest BCUT2D eigenvalue weighted by molar-refractivity contribution is 5.76. The van der Waals surface area contributed by atoms with Crippen molar-refractivity contribution in [3.05, 3.63) is 4.85 Å². The lowest BCUT2D eigenvalue weighted by molar-refractivity contribution is -0.140. The van der Waals surface area contributed by atoms with Gasteiger partial charge in [0, 0.05) is 6.92 Å². The summed E-state index contributed by atoms with van der Waals surface area (Å²) in [5, 5.41) is 0. The number of methoxy groups -OCH3 is 1. The van der Waals surface area contributed by atoms with E-state index in [2.05, 4.69) is 9.58 Å². The van der Waals surface area contributed by atoms with Gasteiger partial charge in [0.2, 0.25) is 0 Å². The third-order valence-corrected chi connectivity index (χ3v) is 0.766. The fourth-order valence-electron chi connectivity index (χ4n) is 0.231. The Morgan fingerprint density at radius 2 is 2.38 bits per heavy atom. The molecule has 0 aliphatic carbocycles. The van der Waals surface area contributed by atoms with E-state index in [1.807, 2.05) is 0 Å². The second-order valence-electron chi connectivity index (χ2n) is 1.35. The second kappa shape index (κ2) is 3.03. The Hall–Kier alpha value is -1.04. The van der Waals surface area contributed by atoms with Crippen LogP contribution in [0.1, 0.15) is 6.92 Å². The number of hydrogen-bond acceptors (Lipinski definition) is 2. The van der Waals surface area contributed by atoms with Crippen molar-refractivity contribution in [2.45, 2.75) is 13.0 Å². The Morgan fingerprint density at radius 3 is 2.50 bits per heavy atom. The summed E-state index contributed by atoms with van der Waals surface area (Å²) in [7, 11) is 1.30. The molecule has 0 saturated carbocycles. The average Bonchev–Trinajstić information content (AvgIpc) is 1.84. The minimum Gasteiger partial charge on any atom is -0.463 e. The van der Waals surface area contributed by atoms with Gasteiger partial charge >= 0.3 is 12.0 Å². The summed E-state index contributed by atoms with van der Waals surface area (Å²) in [6.45, 7) is 6.33. The lowest BCUT2D eigenvalue weighted by atomic mass is 10.4. The van der Waals surface area contributed by atoms with E-state index < -0.39 is 12.0 Å². The lowest BCUT2D eigenvalue weighted by Crippen LogP contribution is -2.13. The van der Waals surface area contributed by atoms with Gasteiger partial charge in [0.25, 0.3) is 6.57 Å². The zero-order valence-corrected chi connectivity index (χ0v) is 4.92. The molecular weight excluding hydrogens is 106 g/mol. The SMILES string of the molecule is C#[N+]C(C)C(=O)OC. The molecule has 0 amide bonds. The maximum absolute atomic E-state index is 10.3. The van der Waals surface area contributed by atoms with Gasteiger partial charge in [-0.3, -0.25) is 0 Å². The van der Waals surface area contributed by atoms with Crippen molar-refractivity contribution in [3.63, 3.8) is 0 Å². The zero-order valence-electron chi connectivity index (χ0n) is 4.92. The van der Waals surface area contributed by atoms with E-state index >= 15 is 0 Å². The summed E-state index contributed by atoms with van der Waals surface area (Å²) in [4.78, 5) is 13.5. The molecule has 44 valence electrons. The molecular formula is C5H8NO2+. The van der Waals surface area contributed by atoms with Gasteiger partial charge in [0.05, 0.1) is 7.11 Å². The number of nitrogens with zero attached hydrogens (tertiary/aromatic N) is 1. The van der Waals surface area contributed by atoms with Crippen LogP contribution in [0.3, 0.4) is 0 Å². The van der Waals surface area contributed by atoms with E-state index in [-0.39, 0.29) is 0 Å². The number of hydrogen-bond donors (Lipinski definition) is 0. The van der Waals surface area contributed by atoms with E-state index in [1.165, 1.54) is 7.11 Å². The van der Waals surface area contributed by atoms with Crippen LogP contribution in [-0.2, 0) is 9.53 Å². The molecule has 0 rings (SSSR count). The Bertz CT molecular complexity index is 125. The first-order valence-corrected chi connectivity index (χ1v) is 2.20. The van der Waals surface area contributed by atoms with Crippen molar-refractivity contribution >= 4 is 5.97 Å². The minimum atomic E-state index is -0.542. The maximum atomic E-state index is 10.3. The molecule has 0 aromatic rings. The Balaban J connectivity index is 3.68. The molecule has 0 fully saturated rings. The molecule has 0 spiro atoms. The van der Waals surface area contributed by atoms with Crippen molar-refractivity contribution in [1.29, 1.82) is 0 Å². The highest BCUT2D eigenvalue weighted by atomic mass is 16.5.